The SMILES string of the molecule is CC.Cc1ccc2oc(=O)c(-c3cs/c(=N/N=Cc4ccccc4)n3-c3ccccc3)cc2c1. The van der Waals surface area contributed by atoms with Gasteiger partial charge in [0.25, 0.3) is 0 Å². The van der Waals surface area contributed by atoms with Crippen molar-refractivity contribution in [2.45, 2.75) is 20.8 Å². The Kier molecular flexibility index (Phi) is 7.30. The molecule has 0 fully saturated rings. The first-order chi connectivity index (χ1) is 16.7. The van der Waals surface area contributed by atoms with Crippen molar-refractivity contribution in [2.75, 3.05) is 0 Å². The van der Waals surface area contributed by atoms with E-state index in [0.29, 0.717) is 21.6 Å². The minimum atomic E-state index is -0.386. The third kappa shape index (κ3) is 4.97. The van der Waals surface area contributed by atoms with E-state index in [9.17, 15) is 4.79 Å². The number of nitrogens with zero attached hydrogens (tertiary/aromatic N) is 3. The predicted molar refractivity (Wildman–Crippen MR) is 141 cm³/mol. The van der Waals surface area contributed by atoms with Crippen molar-refractivity contribution in [2.24, 2.45) is 10.2 Å². The molecule has 0 saturated carbocycles. The summed E-state index contributed by atoms with van der Waals surface area (Å²) in [6.45, 7) is 6.01. The van der Waals surface area contributed by atoms with Gasteiger partial charge in [0.15, 0.2) is 0 Å². The van der Waals surface area contributed by atoms with Crippen LogP contribution in [0.2, 0.25) is 0 Å². The van der Waals surface area contributed by atoms with E-state index in [1.807, 2.05) is 116 Å². The number of rotatable bonds is 4. The molecule has 0 saturated heterocycles. The first-order valence-electron chi connectivity index (χ1n) is 11.1. The van der Waals surface area contributed by atoms with Crippen LogP contribution in [-0.4, -0.2) is 10.8 Å². The molecule has 0 atom stereocenters. The van der Waals surface area contributed by atoms with Crippen LogP contribution in [0, 0.1) is 6.92 Å². The van der Waals surface area contributed by atoms with Crippen molar-refractivity contribution < 1.29 is 4.42 Å². The molecule has 0 unspecified atom stereocenters. The summed E-state index contributed by atoms with van der Waals surface area (Å²) in [4.78, 5) is 13.5. The van der Waals surface area contributed by atoms with Crippen molar-refractivity contribution in [3.05, 3.63) is 117 Å². The Morgan fingerprint density at radius 1 is 0.912 bits per heavy atom. The molecular formula is C28H25N3O2S. The Balaban J connectivity index is 0.00000133. The molecule has 5 aromatic rings. The second-order valence-corrected chi connectivity index (χ2v) is 8.16. The quantitative estimate of drug-likeness (QED) is 0.170. The summed E-state index contributed by atoms with van der Waals surface area (Å²) >= 11 is 1.42. The van der Waals surface area contributed by atoms with Gasteiger partial charge >= 0.3 is 5.63 Å². The van der Waals surface area contributed by atoms with Gasteiger partial charge in [-0.3, -0.25) is 4.57 Å². The lowest BCUT2D eigenvalue weighted by molar-refractivity contribution is 0.563. The average molecular weight is 468 g/mol. The van der Waals surface area contributed by atoms with Gasteiger partial charge in [-0.25, -0.2) is 4.79 Å². The molecule has 5 nitrogen and oxygen atoms in total. The standard InChI is InChI=1S/C26H19N3O2S.C2H6/c1-18-12-13-24-20(14-18)15-22(25(30)31-24)23-17-32-26(29(23)21-10-6-3-7-11-21)28-27-16-19-8-4-2-5-9-19;1-2/h2-17H,1H3;1-2H3/b27-16?,28-26+;. The van der Waals surface area contributed by atoms with Crippen molar-refractivity contribution in [3.63, 3.8) is 0 Å². The number of fused-ring (bicyclic) bond motifs is 1. The first-order valence-corrected chi connectivity index (χ1v) is 12.0. The lowest BCUT2D eigenvalue weighted by atomic mass is 10.1. The number of thiazole rings is 1. The Labute approximate surface area is 202 Å². The zero-order valence-electron chi connectivity index (χ0n) is 19.3. The van der Waals surface area contributed by atoms with E-state index in [4.69, 9.17) is 4.42 Å². The molecule has 6 heteroatoms. The fourth-order valence-corrected chi connectivity index (χ4v) is 4.35. The van der Waals surface area contributed by atoms with Crippen molar-refractivity contribution in [3.8, 4) is 16.9 Å². The molecule has 0 N–H and O–H groups in total. The molecule has 5 rings (SSSR count). The fourth-order valence-electron chi connectivity index (χ4n) is 3.50. The van der Waals surface area contributed by atoms with E-state index in [1.165, 1.54) is 11.3 Å². The highest BCUT2D eigenvalue weighted by Gasteiger charge is 2.15. The maximum Gasteiger partial charge on any atom is 0.345 e. The van der Waals surface area contributed by atoms with E-state index in [1.54, 1.807) is 6.21 Å². The topological polar surface area (TPSA) is 59.9 Å². The van der Waals surface area contributed by atoms with Crippen molar-refractivity contribution >= 4 is 28.5 Å². The number of aromatic nitrogens is 1. The van der Waals surface area contributed by atoms with Gasteiger partial charge in [-0.15, -0.1) is 16.4 Å². The lowest BCUT2D eigenvalue weighted by Crippen LogP contribution is -2.15. The fraction of sp³-hybridized carbons (Fsp3) is 0.107. The first kappa shape index (κ1) is 23.1. The van der Waals surface area contributed by atoms with Crippen LogP contribution in [0.25, 0.3) is 27.9 Å². The maximum absolute atomic E-state index is 12.9. The zero-order valence-corrected chi connectivity index (χ0v) is 20.1. The largest absolute Gasteiger partial charge is 0.422 e. The van der Waals surface area contributed by atoms with Gasteiger partial charge in [-0.2, -0.15) is 5.10 Å². The van der Waals surface area contributed by atoms with E-state index < -0.39 is 0 Å². The molecule has 3 aromatic carbocycles. The second-order valence-electron chi connectivity index (χ2n) is 7.32. The molecule has 2 aromatic heterocycles. The zero-order chi connectivity index (χ0) is 23.9. The summed E-state index contributed by atoms with van der Waals surface area (Å²) in [7, 11) is 0. The molecule has 2 heterocycles. The van der Waals surface area contributed by atoms with E-state index in [0.717, 1.165) is 22.2 Å². The van der Waals surface area contributed by atoms with Crippen molar-refractivity contribution in [1.82, 2.24) is 4.57 Å². The average Bonchev–Trinajstić information content (AvgIpc) is 3.30. The van der Waals surface area contributed by atoms with Gasteiger partial charge in [0.05, 0.1) is 17.5 Å². The smallest absolute Gasteiger partial charge is 0.345 e. The number of para-hydroxylation sites is 1. The number of benzene rings is 3. The van der Waals surface area contributed by atoms with Gasteiger partial charge < -0.3 is 4.42 Å². The molecule has 0 aliphatic carbocycles. The summed E-state index contributed by atoms with van der Waals surface area (Å²) in [5.74, 6) is 0. The van der Waals surface area contributed by atoms with Gasteiger partial charge in [0, 0.05) is 16.5 Å². The third-order valence-corrected chi connectivity index (χ3v) is 5.85. The number of hydrogen-bond acceptors (Lipinski definition) is 5. The van der Waals surface area contributed by atoms with E-state index >= 15 is 0 Å². The maximum atomic E-state index is 12.9. The molecule has 34 heavy (non-hydrogen) atoms. The summed E-state index contributed by atoms with van der Waals surface area (Å²) in [5.41, 5.74) is 4.34. The second kappa shape index (κ2) is 10.7. The van der Waals surface area contributed by atoms with Crippen LogP contribution >= 0.6 is 11.3 Å². The molecule has 0 bridgehead atoms. The monoisotopic (exact) mass is 467 g/mol. The number of aryl methyl sites for hydroxylation is 1. The van der Waals surface area contributed by atoms with Gasteiger partial charge in [0.2, 0.25) is 4.80 Å². The summed E-state index contributed by atoms with van der Waals surface area (Å²) in [5, 5.41) is 11.5. The molecule has 0 radical (unpaired) electrons. The van der Waals surface area contributed by atoms with Crippen LogP contribution in [0.3, 0.4) is 0 Å². The Bertz CT molecular complexity index is 1550. The Morgan fingerprint density at radius 3 is 2.35 bits per heavy atom. The van der Waals surface area contributed by atoms with Gasteiger partial charge in [0.1, 0.15) is 5.58 Å². The minimum absolute atomic E-state index is 0.386. The normalized spacial score (nSPS) is 11.6. The highest BCUT2D eigenvalue weighted by molar-refractivity contribution is 7.07. The van der Waals surface area contributed by atoms with Gasteiger partial charge in [-0.05, 0) is 42.8 Å². The summed E-state index contributed by atoms with van der Waals surface area (Å²) < 4.78 is 7.55. The van der Waals surface area contributed by atoms with Crippen LogP contribution in [0.1, 0.15) is 25.0 Å². The van der Waals surface area contributed by atoms with Crippen LogP contribution in [0.5, 0.6) is 0 Å². The minimum Gasteiger partial charge on any atom is -0.422 e. The van der Waals surface area contributed by atoms with Crippen molar-refractivity contribution in [1.29, 1.82) is 0 Å². The molecule has 170 valence electrons. The molecule has 0 amide bonds. The Morgan fingerprint density at radius 2 is 1.62 bits per heavy atom. The molecule has 0 spiro atoms. The van der Waals surface area contributed by atoms with Crippen LogP contribution in [-0.2, 0) is 0 Å². The molecule has 0 aliphatic heterocycles. The highest BCUT2D eigenvalue weighted by Crippen LogP contribution is 2.24. The predicted octanol–water partition coefficient (Wildman–Crippen LogP) is 6.58. The highest BCUT2D eigenvalue weighted by atomic mass is 32.1. The third-order valence-electron chi connectivity index (χ3n) is 5.04. The lowest BCUT2D eigenvalue weighted by Gasteiger charge is -2.09. The van der Waals surface area contributed by atoms with Crippen LogP contribution < -0.4 is 10.4 Å². The molecular weight excluding hydrogens is 442 g/mol. The van der Waals surface area contributed by atoms with E-state index in [-0.39, 0.29) is 5.63 Å². The summed E-state index contributed by atoms with van der Waals surface area (Å²) in [6.07, 6.45) is 1.71. The Hall–Kier alpha value is -4.03. The number of hydrogen-bond donors (Lipinski definition) is 0. The molecule has 0 aliphatic rings. The van der Waals surface area contributed by atoms with E-state index in [2.05, 4.69) is 10.2 Å². The van der Waals surface area contributed by atoms with Crippen LogP contribution in [0.4, 0.5) is 0 Å². The van der Waals surface area contributed by atoms with Crippen LogP contribution in [0.15, 0.2) is 110 Å². The summed E-state index contributed by atoms with van der Waals surface area (Å²) in [6, 6.07) is 27.3. The van der Waals surface area contributed by atoms with Gasteiger partial charge in [-0.1, -0.05) is 74.0 Å².